The maximum Gasteiger partial charge on any atom is 0.326 e. The third-order valence-corrected chi connectivity index (χ3v) is 3.30. The molecule has 0 radical (unpaired) electrons. The van der Waals surface area contributed by atoms with Gasteiger partial charge in [0.25, 0.3) is 0 Å². The van der Waals surface area contributed by atoms with E-state index in [0.717, 1.165) is 11.3 Å². The molecule has 1 heterocycles. The summed E-state index contributed by atoms with van der Waals surface area (Å²) in [6, 6.07) is 10.8. The maximum absolute atomic E-state index is 11.1. The van der Waals surface area contributed by atoms with Crippen LogP contribution in [0.3, 0.4) is 0 Å². The van der Waals surface area contributed by atoms with Crippen LogP contribution in [0.5, 0.6) is 5.88 Å². The predicted octanol–water partition coefficient (Wildman–Crippen LogP) is 2.27. The second-order valence-electron chi connectivity index (χ2n) is 5.05. The fourth-order valence-corrected chi connectivity index (χ4v) is 1.83. The van der Waals surface area contributed by atoms with E-state index in [1.54, 1.807) is 20.0 Å². The number of benzene rings is 1. The van der Waals surface area contributed by atoms with Crippen molar-refractivity contribution in [3.8, 4) is 5.88 Å². The lowest BCUT2D eigenvalue weighted by Crippen LogP contribution is -2.37. The number of carboxylic acid groups (broad SMARTS) is 1. The van der Waals surface area contributed by atoms with Gasteiger partial charge >= 0.3 is 5.97 Å². The molecule has 2 aromatic rings. The van der Waals surface area contributed by atoms with E-state index in [1.165, 1.54) is 4.90 Å². The molecule has 1 unspecified atom stereocenters. The lowest BCUT2D eigenvalue weighted by Gasteiger charge is -2.22. The fourth-order valence-electron chi connectivity index (χ4n) is 1.83. The van der Waals surface area contributed by atoms with Gasteiger partial charge in [-0.2, -0.15) is 4.98 Å². The van der Waals surface area contributed by atoms with Crippen LogP contribution in [-0.4, -0.2) is 34.1 Å². The largest absolute Gasteiger partial charge is 0.480 e. The van der Waals surface area contributed by atoms with Crippen LogP contribution in [0.25, 0.3) is 0 Å². The standard InChI is InChI=1S/C16H19N3O3/c1-11-9-14(22-10-13-7-5-4-6-8-13)18-16(17-11)19(3)12(2)15(20)21/h4-9,12H,10H2,1-3H3,(H,20,21). The summed E-state index contributed by atoms with van der Waals surface area (Å²) in [5.74, 6) is -0.173. The Kier molecular flexibility index (Phi) is 4.93. The van der Waals surface area contributed by atoms with Gasteiger partial charge in [-0.3, -0.25) is 0 Å². The Balaban J connectivity index is 2.14. The molecule has 6 nitrogen and oxygen atoms in total. The van der Waals surface area contributed by atoms with Gasteiger partial charge in [0.2, 0.25) is 11.8 Å². The molecule has 116 valence electrons. The number of rotatable bonds is 6. The van der Waals surface area contributed by atoms with E-state index < -0.39 is 12.0 Å². The van der Waals surface area contributed by atoms with Gasteiger partial charge in [-0.1, -0.05) is 30.3 Å². The lowest BCUT2D eigenvalue weighted by molar-refractivity contribution is -0.138. The quantitative estimate of drug-likeness (QED) is 0.882. The molecule has 1 aromatic carbocycles. The molecule has 0 aliphatic heterocycles. The molecule has 6 heteroatoms. The van der Waals surface area contributed by atoms with E-state index in [2.05, 4.69) is 9.97 Å². The summed E-state index contributed by atoms with van der Waals surface area (Å²) in [6.45, 7) is 3.80. The molecular formula is C16H19N3O3. The van der Waals surface area contributed by atoms with Crippen molar-refractivity contribution in [1.29, 1.82) is 0 Å². The minimum atomic E-state index is -0.931. The summed E-state index contributed by atoms with van der Waals surface area (Å²) in [4.78, 5) is 21.1. The van der Waals surface area contributed by atoms with Crippen LogP contribution in [0, 0.1) is 6.92 Å². The smallest absolute Gasteiger partial charge is 0.326 e. The van der Waals surface area contributed by atoms with Crippen molar-refractivity contribution in [2.24, 2.45) is 0 Å². The van der Waals surface area contributed by atoms with Gasteiger partial charge in [0.15, 0.2) is 0 Å². The Labute approximate surface area is 129 Å². The van der Waals surface area contributed by atoms with Gasteiger partial charge in [0.05, 0.1) is 0 Å². The Morgan fingerprint density at radius 3 is 2.64 bits per heavy atom. The topological polar surface area (TPSA) is 75.5 Å². The first-order valence-corrected chi connectivity index (χ1v) is 6.95. The van der Waals surface area contributed by atoms with E-state index in [0.29, 0.717) is 18.4 Å². The van der Waals surface area contributed by atoms with Crippen molar-refractivity contribution in [2.75, 3.05) is 11.9 Å². The number of aromatic nitrogens is 2. The Morgan fingerprint density at radius 1 is 1.32 bits per heavy atom. The van der Waals surface area contributed by atoms with Gasteiger partial charge < -0.3 is 14.7 Å². The van der Waals surface area contributed by atoms with Gasteiger partial charge in [-0.15, -0.1) is 0 Å². The van der Waals surface area contributed by atoms with Crippen molar-refractivity contribution in [3.05, 3.63) is 47.7 Å². The van der Waals surface area contributed by atoms with Crippen LogP contribution in [0.2, 0.25) is 0 Å². The molecule has 1 N–H and O–H groups in total. The fraction of sp³-hybridized carbons (Fsp3) is 0.312. The number of aliphatic carboxylic acids is 1. The molecule has 1 atom stereocenters. The lowest BCUT2D eigenvalue weighted by atomic mass is 10.2. The summed E-state index contributed by atoms with van der Waals surface area (Å²) >= 11 is 0. The molecule has 22 heavy (non-hydrogen) atoms. The molecule has 0 aliphatic carbocycles. The first-order valence-electron chi connectivity index (χ1n) is 6.95. The highest BCUT2D eigenvalue weighted by Gasteiger charge is 2.20. The van der Waals surface area contributed by atoms with Gasteiger partial charge in [-0.05, 0) is 19.4 Å². The second kappa shape index (κ2) is 6.89. The number of carbonyl (C=O) groups is 1. The molecule has 0 amide bonds. The molecular weight excluding hydrogens is 282 g/mol. The number of nitrogens with zero attached hydrogens (tertiary/aromatic N) is 3. The first kappa shape index (κ1) is 15.8. The number of anilines is 1. The summed E-state index contributed by atoms with van der Waals surface area (Å²) in [5.41, 5.74) is 1.75. The maximum atomic E-state index is 11.1. The van der Waals surface area contributed by atoms with Gasteiger partial charge in [-0.25, -0.2) is 9.78 Å². The van der Waals surface area contributed by atoms with Crippen LogP contribution in [0.15, 0.2) is 36.4 Å². The SMILES string of the molecule is Cc1cc(OCc2ccccc2)nc(N(C)C(C)C(=O)O)n1. The summed E-state index contributed by atoms with van der Waals surface area (Å²) in [7, 11) is 1.65. The van der Waals surface area contributed by atoms with Gasteiger partial charge in [0, 0.05) is 18.8 Å². The minimum Gasteiger partial charge on any atom is -0.480 e. The Morgan fingerprint density at radius 2 is 2.00 bits per heavy atom. The molecule has 0 saturated heterocycles. The Hall–Kier alpha value is -2.63. The van der Waals surface area contributed by atoms with E-state index in [9.17, 15) is 4.79 Å². The zero-order chi connectivity index (χ0) is 16.1. The monoisotopic (exact) mass is 301 g/mol. The number of hydrogen-bond donors (Lipinski definition) is 1. The molecule has 0 aliphatic rings. The molecule has 2 rings (SSSR count). The summed E-state index contributed by atoms with van der Waals surface area (Å²) in [5, 5.41) is 9.08. The highest BCUT2D eigenvalue weighted by atomic mass is 16.5. The number of hydrogen-bond acceptors (Lipinski definition) is 5. The van der Waals surface area contributed by atoms with Crippen LogP contribution in [-0.2, 0) is 11.4 Å². The van der Waals surface area contributed by atoms with E-state index in [1.807, 2.05) is 37.3 Å². The van der Waals surface area contributed by atoms with Crippen molar-refractivity contribution in [1.82, 2.24) is 9.97 Å². The molecule has 0 bridgehead atoms. The van der Waals surface area contributed by atoms with Crippen LogP contribution in [0.4, 0.5) is 5.95 Å². The number of aryl methyl sites for hydroxylation is 1. The normalized spacial score (nSPS) is 11.8. The van der Waals surface area contributed by atoms with Crippen LogP contribution >= 0.6 is 0 Å². The van der Waals surface area contributed by atoms with Crippen LogP contribution < -0.4 is 9.64 Å². The molecule has 1 aromatic heterocycles. The minimum absolute atomic E-state index is 0.331. The van der Waals surface area contributed by atoms with E-state index in [-0.39, 0.29) is 0 Å². The zero-order valence-corrected chi connectivity index (χ0v) is 12.9. The van der Waals surface area contributed by atoms with Crippen molar-refractivity contribution < 1.29 is 14.6 Å². The second-order valence-corrected chi connectivity index (χ2v) is 5.05. The summed E-state index contributed by atoms with van der Waals surface area (Å²) < 4.78 is 5.68. The number of ether oxygens (including phenoxy) is 1. The molecule has 0 fully saturated rings. The van der Waals surface area contributed by atoms with Crippen molar-refractivity contribution in [2.45, 2.75) is 26.5 Å². The third-order valence-electron chi connectivity index (χ3n) is 3.30. The summed E-state index contributed by atoms with van der Waals surface area (Å²) in [6.07, 6.45) is 0. The third kappa shape index (κ3) is 3.94. The van der Waals surface area contributed by atoms with E-state index >= 15 is 0 Å². The average molecular weight is 301 g/mol. The Bertz CT molecular complexity index is 646. The highest BCUT2D eigenvalue weighted by Crippen LogP contribution is 2.17. The van der Waals surface area contributed by atoms with Crippen molar-refractivity contribution in [3.63, 3.8) is 0 Å². The predicted molar refractivity (Wildman–Crippen MR) is 83.0 cm³/mol. The van der Waals surface area contributed by atoms with Crippen LogP contribution in [0.1, 0.15) is 18.2 Å². The van der Waals surface area contributed by atoms with Gasteiger partial charge in [0.1, 0.15) is 12.6 Å². The molecule has 0 spiro atoms. The molecule has 0 saturated carbocycles. The zero-order valence-electron chi connectivity index (χ0n) is 12.9. The number of likely N-dealkylation sites (N-methyl/N-ethyl adjacent to an activating group) is 1. The highest BCUT2D eigenvalue weighted by molar-refractivity contribution is 5.76. The first-order chi connectivity index (χ1) is 10.5. The average Bonchev–Trinajstić information content (AvgIpc) is 2.52. The van der Waals surface area contributed by atoms with E-state index in [4.69, 9.17) is 9.84 Å². The van der Waals surface area contributed by atoms with Crippen molar-refractivity contribution >= 4 is 11.9 Å². The number of carboxylic acids is 1.